The zero-order valence-electron chi connectivity index (χ0n) is 22.0. The molecule has 0 aromatic rings. The van der Waals surface area contributed by atoms with Gasteiger partial charge in [0.15, 0.2) is 17.7 Å². The molecule has 0 unspecified atom stereocenters. The number of hydrogen-bond acceptors (Lipinski definition) is 8. The smallest absolute Gasteiger partial charge is 0.319 e. The Balaban J connectivity index is 1.42. The van der Waals surface area contributed by atoms with Crippen LogP contribution >= 0.6 is 11.8 Å². The number of cyclic esters (lactones) is 1. The number of alkyl halides is 2. The molecular formula is C28H36F2O7S. The van der Waals surface area contributed by atoms with Crippen molar-refractivity contribution in [1.29, 1.82) is 0 Å². The highest BCUT2D eigenvalue weighted by Gasteiger charge is 2.80. The van der Waals surface area contributed by atoms with Crippen LogP contribution in [0, 0.1) is 22.7 Å². The van der Waals surface area contributed by atoms with Gasteiger partial charge in [0, 0.05) is 29.6 Å². The van der Waals surface area contributed by atoms with Crippen molar-refractivity contribution < 1.29 is 42.5 Å². The number of allylic oxidation sites excluding steroid dienone is 1. The monoisotopic (exact) mass is 554 g/mol. The lowest BCUT2D eigenvalue weighted by Gasteiger charge is -2.64. The van der Waals surface area contributed by atoms with Crippen LogP contribution in [0.25, 0.3) is 0 Å². The van der Waals surface area contributed by atoms with Crippen LogP contribution < -0.4 is 0 Å². The Labute approximate surface area is 225 Å². The van der Waals surface area contributed by atoms with Gasteiger partial charge in [-0.3, -0.25) is 14.4 Å². The molecule has 10 heteroatoms. The number of aliphatic hydroxyl groups excluding tert-OH is 1. The van der Waals surface area contributed by atoms with Crippen LogP contribution in [0.3, 0.4) is 0 Å². The van der Waals surface area contributed by atoms with Gasteiger partial charge < -0.3 is 19.3 Å². The second-order valence-electron chi connectivity index (χ2n) is 12.5. The van der Waals surface area contributed by atoms with E-state index in [1.807, 2.05) is 13.8 Å². The molecule has 11 atom stereocenters. The molecule has 6 rings (SSSR count). The molecule has 7 nitrogen and oxygen atoms in total. The summed E-state index contributed by atoms with van der Waals surface area (Å²) in [4.78, 5) is 38.5. The van der Waals surface area contributed by atoms with E-state index in [1.165, 1.54) is 6.08 Å². The molecule has 4 aliphatic carbocycles. The second-order valence-corrected chi connectivity index (χ2v) is 13.7. The van der Waals surface area contributed by atoms with Gasteiger partial charge in [0.1, 0.15) is 17.1 Å². The molecule has 3 saturated carbocycles. The van der Waals surface area contributed by atoms with E-state index in [1.54, 1.807) is 6.92 Å². The first kappa shape index (κ1) is 26.8. The lowest BCUT2D eigenvalue weighted by molar-refractivity contribution is -0.240. The number of hydrogen-bond donors (Lipinski definition) is 1. The SMILES string of the molecule is CCC[C@@H]1O[C@@H]2C[C@H]3[C@@H]4C[C@H](F)C5=CC(=O)CC[C@]5(C)[C@@]4(F)[C@@H](O)C[C@]3(C)[C@]2(C(=O)S[C@H]2CCOC2=O)O1. The maximum Gasteiger partial charge on any atom is 0.319 e. The molecule has 1 N–H and O–H groups in total. The molecule has 0 radical (unpaired) electrons. The number of ether oxygens (including phenoxy) is 3. The van der Waals surface area contributed by atoms with E-state index in [-0.39, 0.29) is 48.8 Å². The highest BCUT2D eigenvalue weighted by Crippen LogP contribution is 2.73. The third-order valence-corrected chi connectivity index (χ3v) is 12.0. The van der Waals surface area contributed by atoms with Gasteiger partial charge in [0.25, 0.3) is 0 Å². The average molecular weight is 555 g/mol. The minimum absolute atomic E-state index is 0.0709. The number of halogens is 2. The van der Waals surface area contributed by atoms with Gasteiger partial charge >= 0.3 is 5.97 Å². The minimum Gasteiger partial charge on any atom is -0.465 e. The van der Waals surface area contributed by atoms with E-state index in [2.05, 4.69) is 0 Å². The van der Waals surface area contributed by atoms with Gasteiger partial charge in [0.2, 0.25) is 5.12 Å². The number of fused-ring (bicyclic) bond motifs is 7. The van der Waals surface area contributed by atoms with E-state index < -0.39 is 69.8 Å². The van der Waals surface area contributed by atoms with E-state index in [0.717, 1.165) is 18.2 Å². The van der Waals surface area contributed by atoms with Crippen LogP contribution in [0.15, 0.2) is 11.6 Å². The number of aliphatic hydroxyl groups is 1. The first-order chi connectivity index (χ1) is 17.9. The van der Waals surface area contributed by atoms with Gasteiger partial charge in [-0.2, -0.15) is 0 Å². The predicted molar refractivity (Wildman–Crippen MR) is 133 cm³/mol. The molecule has 6 aliphatic rings. The van der Waals surface area contributed by atoms with Crippen LogP contribution in [-0.4, -0.2) is 69.8 Å². The van der Waals surface area contributed by atoms with Crippen molar-refractivity contribution in [3.63, 3.8) is 0 Å². The largest absolute Gasteiger partial charge is 0.465 e. The third-order valence-electron chi connectivity index (χ3n) is 10.8. The molecule has 5 fully saturated rings. The Morgan fingerprint density at radius 2 is 2.00 bits per heavy atom. The van der Waals surface area contributed by atoms with E-state index in [4.69, 9.17) is 14.2 Å². The Morgan fingerprint density at radius 1 is 1.24 bits per heavy atom. The first-order valence-corrected chi connectivity index (χ1v) is 14.8. The molecule has 2 aliphatic heterocycles. The van der Waals surface area contributed by atoms with Crippen molar-refractivity contribution in [3.8, 4) is 0 Å². The summed E-state index contributed by atoms with van der Waals surface area (Å²) in [5, 5.41) is 10.6. The summed E-state index contributed by atoms with van der Waals surface area (Å²) < 4.78 is 51.1. The van der Waals surface area contributed by atoms with Crippen molar-refractivity contribution in [3.05, 3.63) is 11.6 Å². The first-order valence-electron chi connectivity index (χ1n) is 13.9. The van der Waals surface area contributed by atoms with Crippen molar-refractivity contribution in [2.75, 3.05) is 6.61 Å². The normalized spacial score (nSPS) is 51.5. The summed E-state index contributed by atoms with van der Waals surface area (Å²) in [7, 11) is 0. The average Bonchev–Trinajstić information content (AvgIpc) is 3.50. The highest BCUT2D eigenvalue weighted by molar-refractivity contribution is 8.14. The Bertz CT molecular complexity index is 1100. The maximum absolute atomic E-state index is 17.5. The van der Waals surface area contributed by atoms with E-state index in [0.29, 0.717) is 19.3 Å². The van der Waals surface area contributed by atoms with Gasteiger partial charge in [0.05, 0.1) is 18.8 Å². The number of carbonyl (C=O) groups excluding carboxylic acids is 3. The molecule has 2 heterocycles. The predicted octanol–water partition coefficient (Wildman–Crippen LogP) is 3.99. The molecular weight excluding hydrogens is 518 g/mol. The summed E-state index contributed by atoms with van der Waals surface area (Å²) in [5.74, 6) is -2.06. The zero-order chi connectivity index (χ0) is 27.3. The van der Waals surface area contributed by atoms with Crippen molar-refractivity contribution >= 4 is 28.6 Å². The summed E-state index contributed by atoms with van der Waals surface area (Å²) in [6.07, 6.45) is -1.09. The van der Waals surface area contributed by atoms with Gasteiger partial charge in [-0.15, -0.1) is 0 Å². The van der Waals surface area contributed by atoms with Crippen molar-refractivity contribution in [2.45, 2.75) is 113 Å². The molecule has 2 saturated heterocycles. The Hall–Kier alpha value is -1.36. The van der Waals surface area contributed by atoms with Crippen LogP contribution in [-0.2, 0) is 28.6 Å². The number of esters is 1. The quantitative estimate of drug-likeness (QED) is 0.521. The van der Waals surface area contributed by atoms with E-state index >= 15 is 8.78 Å². The van der Waals surface area contributed by atoms with Crippen molar-refractivity contribution in [2.24, 2.45) is 22.7 Å². The third kappa shape index (κ3) is 3.26. The number of rotatable bonds is 4. The Kier molecular flexibility index (Phi) is 6.23. The molecule has 0 bridgehead atoms. The summed E-state index contributed by atoms with van der Waals surface area (Å²) in [6.45, 7) is 5.71. The maximum atomic E-state index is 17.5. The van der Waals surface area contributed by atoms with Crippen LogP contribution in [0.4, 0.5) is 8.78 Å². The molecule has 38 heavy (non-hydrogen) atoms. The van der Waals surface area contributed by atoms with Crippen LogP contribution in [0.2, 0.25) is 0 Å². The molecule has 0 aromatic heterocycles. The number of thioether (sulfide) groups is 1. The van der Waals surface area contributed by atoms with Crippen molar-refractivity contribution in [1.82, 2.24) is 0 Å². The summed E-state index contributed by atoms with van der Waals surface area (Å²) in [5.41, 5.74) is -5.90. The fourth-order valence-corrected chi connectivity index (χ4v) is 10.1. The lowest BCUT2D eigenvalue weighted by atomic mass is 9.43. The van der Waals surface area contributed by atoms with E-state index in [9.17, 15) is 19.5 Å². The summed E-state index contributed by atoms with van der Waals surface area (Å²) >= 11 is 0.888. The molecule has 0 amide bonds. The minimum atomic E-state index is -2.17. The topological polar surface area (TPSA) is 99.1 Å². The summed E-state index contributed by atoms with van der Waals surface area (Å²) in [6, 6.07) is 0. The fraction of sp³-hybridized carbons (Fsp3) is 0.821. The highest BCUT2D eigenvalue weighted by atomic mass is 32.2. The zero-order valence-corrected chi connectivity index (χ0v) is 22.9. The second kappa shape index (κ2) is 8.82. The van der Waals surface area contributed by atoms with Gasteiger partial charge in [-0.1, -0.05) is 39.0 Å². The molecule has 210 valence electrons. The molecule has 0 spiro atoms. The van der Waals surface area contributed by atoms with Crippen LogP contribution in [0.5, 0.6) is 0 Å². The number of carbonyl (C=O) groups is 3. The van der Waals surface area contributed by atoms with Gasteiger partial charge in [-0.05, 0) is 49.7 Å². The van der Waals surface area contributed by atoms with Gasteiger partial charge in [-0.25, -0.2) is 8.78 Å². The number of ketones is 1. The Morgan fingerprint density at radius 3 is 2.68 bits per heavy atom. The fourth-order valence-electron chi connectivity index (χ4n) is 8.89. The standard InChI is InChI=1S/C28H36F2O7S/c1-4-5-22-36-21-12-15-16-11-18(29)17-10-14(31)6-8-25(17,2)27(16,30)20(32)13-26(15,3)28(21,37-22)24(34)38-19-7-9-35-23(19)33/h10,15-16,18-22,32H,4-9,11-13H2,1-3H3/t15-,16-,18-,19-,20-,21+,22+,25-,26-,27-,28-/m0/s1. The lowest BCUT2D eigenvalue weighted by Crippen LogP contribution is -2.71. The molecule has 0 aromatic carbocycles. The van der Waals surface area contributed by atoms with Crippen LogP contribution in [0.1, 0.15) is 72.1 Å².